The summed E-state index contributed by atoms with van der Waals surface area (Å²) >= 11 is 0. The Balaban J connectivity index is 2.16. The Labute approximate surface area is 111 Å². The largest absolute Gasteiger partial charge is 0.444 e. The summed E-state index contributed by atoms with van der Waals surface area (Å²) in [5.74, 6) is 0.765. The summed E-state index contributed by atoms with van der Waals surface area (Å²) in [6.07, 6.45) is 4.47. The third-order valence-electron chi connectivity index (χ3n) is 3.17. The van der Waals surface area contributed by atoms with Gasteiger partial charge in [0.15, 0.2) is 0 Å². The molecule has 0 aromatic carbocycles. The molecule has 18 heavy (non-hydrogen) atoms. The molecule has 0 radical (unpaired) electrons. The van der Waals surface area contributed by atoms with Crippen molar-refractivity contribution >= 4 is 6.09 Å². The van der Waals surface area contributed by atoms with Crippen molar-refractivity contribution < 1.29 is 9.53 Å². The normalized spacial score (nSPS) is 22.3. The Morgan fingerprint density at radius 1 is 1.50 bits per heavy atom. The van der Waals surface area contributed by atoms with E-state index in [-0.39, 0.29) is 12.1 Å². The molecule has 0 aromatic rings. The van der Waals surface area contributed by atoms with Crippen molar-refractivity contribution in [2.24, 2.45) is 5.92 Å². The molecule has 1 amide bonds. The van der Waals surface area contributed by atoms with E-state index >= 15 is 0 Å². The molecule has 4 heteroatoms. The Kier molecular flexibility index (Phi) is 5.93. The fourth-order valence-corrected chi connectivity index (χ4v) is 2.24. The average Bonchev–Trinajstić information content (AvgIpc) is 2.25. The van der Waals surface area contributed by atoms with Gasteiger partial charge in [0, 0.05) is 6.04 Å². The second-order valence-electron chi connectivity index (χ2n) is 6.34. The highest BCUT2D eigenvalue weighted by molar-refractivity contribution is 5.67. The fraction of sp³-hybridized carbons (Fsp3) is 0.929. The fourth-order valence-electron chi connectivity index (χ4n) is 2.24. The summed E-state index contributed by atoms with van der Waals surface area (Å²) in [5.41, 5.74) is -0.420. The van der Waals surface area contributed by atoms with Crippen LogP contribution in [0.25, 0.3) is 0 Å². The summed E-state index contributed by atoms with van der Waals surface area (Å²) in [6, 6.07) is 0.182. The van der Waals surface area contributed by atoms with Gasteiger partial charge in [-0.2, -0.15) is 0 Å². The van der Waals surface area contributed by atoms with Crippen LogP contribution in [-0.4, -0.2) is 30.8 Å². The molecule has 1 aliphatic heterocycles. The zero-order valence-corrected chi connectivity index (χ0v) is 12.2. The van der Waals surface area contributed by atoms with Gasteiger partial charge in [-0.1, -0.05) is 0 Å². The molecule has 0 bridgehead atoms. The van der Waals surface area contributed by atoms with E-state index in [2.05, 4.69) is 10.6 Å². The van der Waals surface area contributed by atoms with Gasteiger partial charge in [-0.25, -0.2) is 4.79 Å². The molecule has 1 aliphatic rings. The Morgan fingerprint density at radius 3 is 2.78 bits per heavy atom. The quantitative estimate of drug-likeness (QED) is 0.813. The second-order valence-corrected chi connectivity index (χ2v) is 6.34. The van der Waals surface area contributed by atoms with Gasteiger partial charge in [-0.3, -0.25) is 0 Å². The first-order valence-electron chi connectivity index (χ1n) is 7.07. The van der Waals surface area contributed by atoms with E-state index < -0.39 is 5.60 Å². The number of carbonyl (C=O) groups is 1. The average molecular weight is 256 g/mol. The summed E-state index contributed by atoms with van der Waals surface area (Å²) in [7, 11) is 0. The number of nitrogens with one attached hydrogen (secondary N) is 2. The highest BCUT2D eigenvalue weighted by atomic mass is 16.6. The summed E-state index contributed by atoms with van der Waals surface area (Å²) in [6.45, 7) is 9.96. The van der Waals surface area contributed by atoms with Crippen molar-refractivity contribution in [2.45, 2.75) is 65.0 Å². The molecule has 1 saturated heterocycles. The van der Waals surface area contributed by atoms with Crippen molar-refractivity contribution in [1.29, 1.82) is 0 Å². The van der Waals surface area contributed by atoms with Crippen LogP contribution in [0.15, 0.2) is 0 Å². The van der Waals surface area contributed by atoms with E-state index in [0.29, 0.717) is 0 Å². The third kappa shape index (κ3) is 6.84. The molecule has 0 spiro atoms. The lowest BCUT2D eigenvalue weighted by Crippen LogP contribution is -2.38. The Bertz CT molecular complexity index is 255. The lowest BCUT2D eigenvalue weighted by atomic mass is 9.93. The van der Waals surface area contributed by atoms with E-state index in [9.17, 15) is 4.79 Å². The number of carbonyl (C=O) groups excluding carboxylic acids is 1. The molecule has 1 fully saturated rings. The molecule has 1 rings (SSSR count). The van der Waals surface area contributed by atoms with E-state index in [0.717, 1.165) is 25.4 Å². The minimum Gasteiger partial charge on any atom is -0.444 e. The first-order chi connectivity index (χ1) is 8.37. The zero-order chi connectivity index (χ0) is 13.6. The Morgan fingerprint density at radius 2 is 2.22 bits per heavy atom. The second kappa shape index (κ2) is 6.98. The molecule has 4 nitrogen and oxygen atoms in total. The number of piperidine rings is 1. The number of alkyl carbamates (subject to hydrolysis) is 1. The first kappa shape index (κ1) is 15.3. The number of hydrogen-bond donors (Lipinski definition) is 2. The van der Waals surface area contributed by atoms with Crippen molar-refractivity contribution in [3.8, 4) is 0 Å². The number of rotatable bonds is 4. The lowest BCUT2D eigenvalue weighted by Gasteiger charge is -2.25. The van der Waals surface area contributed by atoms with E-state index in [1.165, 1.54) is 19.3 Å². The van der Waals surface area contributed by atoms with Gasteiger partial charge in [0.2, 0.25) is 0 Å². The smallest absolute Gasteiger partial charge is 0.407 e. The van der Waals surface area contributed by atoms with Crippen LogP contribution >= 0.6 is 0 Å². The molecular formula is C14H28N2O2. The van der Waals surface area contributed by atoms with Crippen LogP contribution in [0.4, 0.5) is 4.79 Å². The maximum atomic E-state index is 11.6. The van der Waals surface area contributed by atoms with Crippen LogP contribution in [0.5, 0.6) is 0 Å². The van der Waals surface area contributed by atoms with E-state index in [1.54, 1.807) is 0 Å². The molecule has 2 atom stereocenters. The van der Waals surface area contributed by atoms with Gasteiger partial charge < -0.3 is 15.4 Å². The minimum atomic E-state index is -0.420. The third-order valence-corrected chi connectivity index (χ3v) is 3.17. The van der Waals surface area contributed by atoms with Crippen molar-refractivity contribution in [3.05, 3.63) is 0 Å². The molecule has 2 N–H and O–H groups in total. The highest BCUT2D eigenvalue weighted by Gasteiger charge is 2.19. The number of hydrogen-bond acceptors (Lipinski definition) is 3. The monoisotopic (exact) mass is 256 g/mol. The van der Waals surface area contributed by atoms with Crippen molar-refractivity contribution in [1.82, 2.24) is 10.6 Å². The van der Waals surface area contributed by atoms with Gasteiger partial charge in [0.05, 0.1) is 0 Å². The van der Waals surface area contributed by atoms with Gasteiger partial charge >= 0.3 is 6.09 Å². The van der Waals surface area contributed by atoms with Crippen LogP contribution < -0.4 is 10.6 Å². The summed E-state index contributed by atoms with van der Waals surface area (Å²) in [5, 5.41) is 6.31. The standard InChI is InChI=1S/C14H28N2O2/c1-11(16-13(17)18-14(2,3)4)7-8-12-6-5-9-15-10-12/h11-12,15H,5-10H2,1-4H3,(H,16,17). The summed E-state index contributed by atoms with van der Waals surface area (Å²) < 4.78 is 5.24. The van der Waals surface area contributed by atoms with Crippen LogP contribution in [0.3, 0.4) is 0 Å². The van der Waals surface area contributed by atoms with Gasteiger partial charge in [-0.15, -0.1) is 0 Å². The maximum absolute atomic E-state index is 11.6. The van der Waals surface area contributed by atoms with Crippen molar-refractivity contribution in [2.75, 3.05) is 13.1 Å². The van der Waals surface area contributed by atoms with Gasteiger partial charge in [0.1, 0.15) is 5.60 Å². The van der Waals surface area contributed by atoms with Crippen LogP contribution in [-0.2, 0) is 4.74 Å². The number of ether oxygens (including phenoxy) is 1. The van der Waals surface area contributed by atoms with Crippen LogP contribution in [0, 0.1) is 5.92 Å². The van der Waals surface area contributed by atoms with Crippen LogP contribution in [0.2, 0.25) is 0 Å². The van der Waals surface area contributed by atoms with E-state index in [4.69, 9.17) is 4.74 Å². The minimum absolute atomic E-state index is 0.182. The topological polar surface area (TPSA) is 50.4 Å². The lowest BCUT2D eigenvalue weighted by molar-refractivity contribution is 0.0504. The molecule has 0 saturated carbocycles. The van der Waals surface area contributed by atoms with Gasteiger partial charge in [-0.05, 0) is 72.4 Å². The predicted molar refractivity (Wildman–Crippen MR) is 73.7 cm³/mol. The molecule has 0 aliphatic carbocycles. The zero-order valence-electron chi connectivity index (χ0n) is 12.2. The SMILES string of the molecule is CC(CCC1CCCNC1)NC(=O)OC(C)(C)C. The molecule has 0 aromatic heterocycles. The first-order valence-corrected chi connectivity index (χ1v) is 7.07. The highest BCUT2D eigenvalue weighted by Crippen LogP contribution is 2.17. The van der Waals surface area contributed by atoms with Gasteiger partial charge in [0.25, 0.3) is 0 Å². The summed E-state index contributed by atoms with van der Waals surface area (Å²) in [4.78, 5) is 11.6. The molecule has 1 heterocycles. The maximum Gasteiger partial charge on any atom is 0.407 e. The molecular weight excluding hydrogens is 228 g/mol. The Hall–Kier alpha value is -0.770. The van der Waals surface area contributed by atoms with Crippen LogP contribution in [0.1, 0.15) is 53.4 Å². The van der Waals surface area contributed by atoms with E-state index in [1.807, 2.05) is 27.7 Å². The molecule has 106 valence electrons. The molecule has 2 unspecified atom stereocenters. The predicted octanol–water partition coefficient (Wildman–Crippen LogP) is 2.68. The van der Waals surface area contributed by atoms with Crippen molar-refractivity contribution in [3.63, 3.8) is 0 Å². The number of amides is 1.